The predicted molar refractivity (Wildman–Crippen MR) is 89.7 cm³/mol. The van der Waals surface area contributed by atoms with Gasteiger partial charge in [0, 0.05) is 5.56 Å². The Kier molecular flexibility index (Phi) is 4.43. The molecule has 0 aliphatic heterocycles. The number of Topliss-reactive ketones (excluding diaryl/α,β-unsaturated/α-hetero) is 1. The largest absolute Gasteiger partial charge is 0.514 e. The molecule has 0 atom stereocenters. The van der Waals surface area contributed by atoms with Crippen LogP contribution in [0.15, 0.2) is 47.3 Å². The second-order valence-electron chi connectivity index (χ2n) is 5.01. The average Bonchev–Trinajstić information content (AvgIpc) is 2.95. The van der Waals surface area contributed by atoms with Crippen LogP contribution in [-0.2, 0) is 11.3 Å². The highest BCUT2D eigenvalue weighted by Gasteiger charge is 2.16. The maximum absolute atomic E-state index is 11.9. The molecule has 0 aliphatic carbocycles. The molecular formula is C17H13NO5S. The fourth-order valence-electron chi connectivity index (χ4n) is 2.21. The average molecular weight is 343 g/mol. The van der Waals surface area contributed by atoms with E-state index in [4.69, 9.17) is 9.47 Å². The van der Waals surface area contributed by atoms with Gasteiger partial charge in [-0.05, 0) is 24.6 Å². The van der Waals surface area contributed by atoms with Crippen LogP contribution in [0.3, 0.4) is 0 Å². The van der Waals surface area contributed by atoms with E-state index >= 15 is 0 Å². The van der Waals surface area contributed by atoms with Gasteiger partial charge >= 0.3 is 11.0 Å². The van der Waals surface area contributed by atoms with Gasteiger partial charge in [-0.2, -0.15) is 0 Å². The van der Waals surface area contributed by atoms with Crippen LogP contribution in [0.25, 0.3) is 10.2 Å². The lowest BCUT2D eigenvalue weighted by molar-refractivity contribution is 0.0932. The van der Waals surface area contributed by atoms with Crippen molar-refractivity contribution in [2.75, 3.05) is 0 Å². The third-order valence-corrected chi connectivity index (χ3v) is 4.23. The number of H-pyrrole nitrogens is 1. The lowest BCUT2D eigenvalue weighted by atomic mass is 10.1. The van der Waals surface area contributed by atoms with Crippen molar-refractivity contribution < 1.29 is 19.1 Å². The summed E-state index contributed by atoms with van der Waals surface area (Å²) >= 11 is 0.894. The molecule has 0 unspecified atom stereocenters. The molecule has 2 aromatic carbocycles. The second kappa shape index (κ2) is 6.67. The standard InChI is InChI=1S/C17H13NO5S/c1-10(19)12-7-8-13(14-15(12)24-16(20)18-14)23-17(21)22-9-11-5-3-2-4-6-11/h2-8H,9H2,1H3,(H,18,20). The highest BCUT2D eigenvalue weighted by molar-refractivity contribution is 7.16. The van der Waals surface area contributed by atoms with E-state index in [0.717, 1.165) is 16.9 Å². The summed E-state index contributed by atoms with van der Waals surface area (Å²) < 4.78 is 10.7. The number of ketones is 1. The van der Waals surface area contributed by atoms with E-state index in [1.54, 1.807) is 0 Å². The topological polar surface area (TPSA) is 85.5 Å². The van der Waals surface area contributed by atoms with Gasteiger partial charge in [-0.3, -0.25) is 9.59 Å². The van der Waals surface area contributed by atoms with Crippen LogP contribution in [0, 0.1) is 0 Å². The van der Waals surface area contributed by atoms with Crippen molar-refractivity contribution in [1.82, 2.24) is 4.98 Å². The lowest BCUT2D eigenvalue weighted by Crippen LogP contribution is -2.11. The molecule has 1 N–H and O–H groups in total. The molecule has 122 valence electrons. The fraction of sp³-hybridized carbons (Fsp3) is 0.118. The van der Waals surface area contributed by atoms with Gasteiger partial charge in [-0.15, -0.1) is 0 Å². The SMILES string of the molecule is CC(=O)c1ccc(OC(=O)OCc2ccccc2)c2[nH]c(=O)sc12. The minimum absolute atomic E-state index is 0.0779. The van der Waals surface area contributed by atoms with Crippen LogP contribution < -0.4 is 9.61 Å². The number of aromatic nitrogens is 1. The van der Waals surface area contributed by atoms with Crippen molar-refractivity contribution in [3.05, 3.63) is 63.3 Å². The summed E-state index contributed by atoms with van der Waals surface area (Å²) in [4.78, 5) is 37.3. The van der Waals surface area contributed by atoms with E-state index in [1.165, 1.54) is 19.1 Å². The number of hydrogen-bond donors (Lipinski definition) is 1. The number of hydrogen-bond acceptors (Lipinski definition) is 6. The Morgan fingerprint density at radius 3 is 2.58 bits per heavy atom. The molecule has 0 saturated heterocycles. The number of thiazole rings is 1. The van der Waals surface area contributed by atoms with Gasteiger partial charge in [0.15, 0.2) is 11.5 Å². The van der Waals surface area contributed by atoms with E-state index in [1.807, 2.05) is 30.3 Å². The van der Waals surface area contributed by atoms with Gasteiger partial charge in [-0.1, -0.05) is 41.7 Å². The third kappa shape index (κ3) is 3.36. The molecule has 0 spiro atoms. The molecule has 7 heteroatoms. The lowest BCUT2D eigenvalue weighted by Gasteiger charge is -2.07. The van der Waals surface area contributed by atoms with Crippen LogP contribution in [0.1, 0.15) is 22.8 Å². The number of carbonyl (C=O) groups excluding carboxylic acids is 2. The first-order valence-electron chi connectivity index (χ1n) is 7.10. The smallest absolute Gasteiger partial charge is 0.429 e. The molecule has 0 radical (unpaired) electrons. The van der Waals surface area contributed by atoms with E-state index in [-0.39, 0.29) is 23.0 Å². The van der Waals surface area contributed by atoms with E-state index in [0.29, 0.717) is 15.8 Å². The number of nitrogens with one attached hydrogen (secondary N) is 1. The number of benzene rings is 2. The molecule has 0 bridgehead atoms. The minimum atomic E-state index is -0.886. The Hall–Kier alpha value is -2.93. The van der Waals surface area contributed by atoms with Gasteiger partial charge < -0.3 is 14.5 Å². The Morgan fingerprint density at radius 2 is 1.88 bits per heavy atom. The highest BCUT2D eigenvalue weighted by atomic mass is 32.1. The first-order valence-corrected chi connectivity index (χ1v) is 7.91. The molecule has 0 saturated carbocycles. The quantitative estimate of drug-likeness (QED) is 0.445. The van der Waals surface area contributed by atoms with Crippen molar-refractivity contribution in [1.29, 1.82) is 0 Å². The Labute approximate surface area is 140 Å². The zero-order valence-corrected chi connectivity index (χ0v) is 13.5. The van der Waals surface area contributed by atoms with Crippen molar-refractivity contribution >= 4 is 33.5 Å². The van der Waals surface area contributed by atoms with Gasteiger partial charge in [-0.25, -0.2) is 4.79 Å². The summed E-state index contributed by atoms with van der Waals surface area (Å²) in [6.07, 6.45) is -0.886. The molecule has 6 nitrogen and oxygen atoms in total. The van der Waals surface area contributed by atoms with Crippen molar-refractivity contribution in [2.45, 2.75) is 13.5 Å². The van der Waals surface area contributed by atoms with Crippen LogP contribution in [0.2, 0.25) is 0 Å². The molecule has 0 fully saturated rings. The molecule has 3 aromatic rings. The number of rotatable bonds is 4. The first kappa shape index (κ1) is 15.9. The van der Waals surface area contributed by atoms with Gasteiger partial charge in [0.25, 0.3) is 0 Å². The van der Waals surface area contributed by atoms with Crippen LogP contribution in [0.5, 0.6) is 5.75 Å². The van der Waals surface area contributed by atoms with E-state index < -0.39 is 6.16 Å². The minimum Gasteiger partial charge on any atom is -0.429 e. The Bertz CT molecular complexity index is 958. The first-order chi connectivity index (χ1) is 11.5. The number of ether oxygens (including phenoxy) is 2. The monoisotopic (exact) mass is 343 g/mol. The molecule has 24 heavy (non-hydrogen) atoms. The molecular weight excluding hydrogens is 330 g/mol. The predicted octanol–water partition coefficient (Wildman–Crippen LogP) is 3.51. The second-order valence-corrected chi connectivity index (χ2v) is 6.00. The summed E-state index contributed by atoms with van der Waals surface area (Å²) in [5.74, 6) is -0.0279. The summed E-state index contributed by atoms with van der Waals surface area (Å²) in [5, 5.41) is 0. The molecule has 1 heterocycles. The summed E-state index contributed by atoms with van der Waals surface area (Å²) in [5.41, 5.74) is 1.54. The van der Waals surface area contributed by atoms with Crippen LogP contribution in [0.4, 0.5) is 4.79 Å². The summed E-state index contributed by atoms with van der Waals surface area (Å²) in [7, 11) is 0. The molecule has 1 aromatic heterocycles. The van der Waals surface area contributed by atoms with E-state index in [2.05, 4.69) is 4.98 Å². The zero-order chi connectivity index (χ0) is 17.1. The highest BCUT2D eigenvalue weighted by Crippen LogP contribution is 2.29. The van der Waals surface area contributed by atoms with E-state index in [9.17, 15) is 14.4 Å². The summed E-state index contributed by atoms with van der Waals surface area (Å²) in [6.45, 7) is 1.49. The summed E-state index contributed by atoms with van der Waals surface area (Å²) in [6, 6.07) is 12.2. The normalized spacial score (nSPS) is 10.5. The van der Waals surface area contributed by atoms with Gasteiger partial charge in [0.1, 0.15) is 12.1 Å². The van der Waals surface area contributed by atoms with Crippen molar-refractivity contribution in [3.63, 3.8) is 0 Å². The fourth-order valence-corrected chi connectivity index (χ4v) is 3.12. The van der Waals surface area contributed by atoms with Gasteiger partial charge in [0.2, 0.25) is 0 Å². The van der Waals surface area contributed by atoms with Crippen LogP contribution >= 0.6 is 11.3 Å². The Balaban J connectivity index is 1.80. The van der Waals surface area contributed by atoms with Crippen molar-refractivity contribution in [3.8, 4) is 5.75 Å². The number of fused-ring (bicyclic) bond motifs is 1. The van der Waals surface area contributed by atoms with Crippen molar-refractivity contribution in [2.24, 2.45) is 0 Å². The number of carbonyl (C=O) groups is 2. The van der Waals surface area contributed by atoms with Crippen LogP contribution in [-0.4, -0.2) is 16.9 Å². The Morgan fingerprint density at radius 1 is 1.12 bits per heavy atom. The third-order valence-electron chi connectivity index (χ3n) is 3.31. The van der Waals surface area contributed by atoms with Gasteiger partial charge in [0.05, 0.1) is 4.70 Å². The number of aromatic amines is 1. The molecule has 0 amide bonds. The maximum Gasteiger partial charge on any atom is 0.514 e. The molecule has 3 rings (SSSR count). The molecule has 0 aliphatic rings. The maximum atomic E-state index is 11.9. The zero-order valence-electron chi connectivity index (χ0n) is 12.7.